The molecule has 1 N–H and O–H groups in total. The van der Waals surface area contributed by atoms with Gasteiger partial charge < -0.3 is 5.32 Å². The number of hydrogen-bond donors (Lipinski definition) is 1. The number of amidine groups is 1. The molecule has 1 aliphatic heterocycles. The van der Waals surface area contributed by atoms with Gasteiger partial charge in [-0.05, 0) is 54.1 Å². The molecule has 1 fully saturated rings. The minimum atomic E-state index is -4.50. The van der Waals surface area contributed by atoms with E-state index in [1.165, 1.54) is 0 Å². The highest BCUT2D eigenvalue weighted by Crippen LogP contribution is 2.36. The maximum absolute atomic E-state index is 12.9. The van der Waals surface area contributed by atoms with E-state index in [4.69, 9.17) is 11.6 Å². The number of allylic oxidation sites excluding steroid dienone is 2. The first-order valence-corrected chi connectivity index (χ1v) is 9.31. The molecule has 3 nitrogen and oxygen atoms in total. The number of alkyl halides is 3. The van der Waals surface area contributed by atoms with Crippen LogP contribution in [0.25, 0.3) is 6.08 Å². The minimum Gasteiger partial charge on any atom is -0.300 e. The topological polar surface area (TPSA) is 41.5 Å². The van der Waals surface area contributed by atoms with E-state index in [2.05, 4.69) is 10.3 Å². The number of aliphatic imine (C=N–C) groups is 1. The molecule has 2 aromatic rings. The number of halogens is 4. The summed E-state index contributed by atoms with van der Waals surface area (Å²) in [4.78, 5) is 16.6. The van der Waals surface area contributed by atoms with Crippen molar-refractivity contribution in [3.63, 3.8) is 0 Å². The molecule has 0 aromatic heterocycles. The molecule has 1 amide bonds. The summed E-state index contributed by atoms with van der Waals surface area (Å²) in [5.41, 5.74) is 0.923. The molecule has 28 heavy (non-hydrogen) atoms. The third-order valence-corrected chi connectivity index (χ3v) is 4.93. The molecular weight excluding hydrogens is 409 g/mol. The van der Waals surface area contributed by atoms with Gasteiger partial charge in [-0.1, -0.05) is 48.0 Å². The fraction of sp³-hybridized carbons (Fsp3) is 0.100. The zero-order chi connectivity index (χ0) is 20.3. The average molecular weight is 423 g/mol. The molecule has 0 saturated carbocycles. The number of rotatable bonds is 3. The van der Waals surface area contributed by atoms with Gasteiger partial charge in [-0.2, -0.15) is 13.2 Å². The zero-order valence-corrected chi connectivity index (χ0v) is 16.1. The highest BCUT2D eigenvalue weighted by Gasteiger charge is 2.31. The molecule has 2 aromatic carbocycles. The van der Waals surface area contributed by atoms with Crippen molar-refractivity contribution >= 4 is 46.2 Å². The van der Waals surface area contributed by atoms with Gasteiger partial charge in [0.1, 0.15) is 0 Å². The average Bonchev–Trinajstić information content (AvgIpc) is 2.95. The second-order valence-corrected chi connectivity index (χ2v) is 7.38. The van der Waals surface area contributed by atoms with Gasteiger partial charge in [0.05, 0.1) is 21.2 Å². The van der Waals surface area contributed by atoms with Crippen molar-refractivity contribution in [2.24, 2.45) is 4.99 Å². The summed E-state index contributed by atoms with van der Waals surface area (Å²) in [6.45, 7) is 1.85. The Bertz CT molecular complexity index is 998. The zero-order valence-electron chi connectivity index (χ0n) is 14.5. The number of thioether (sulfide) groups is 1. The van der Waals surface area contributed by atoms with Crippen LogP contribution in [0.2, 0.25) is 5.02 Å². The summed E-state index contributed by atoms with van der Waals surface area (Å²) in [6.07, 6.45) is -0.890. The Kier molecular flexibility index (Phi) is 5.96. The van der Waals surface area contributed by atoms with E-state index in [0.717, 1.165) is 41.1 Å². The lowest BCUT2D eigenvalue weighted by Crippen LogP contribution is -2.19. The maximum atomic E-state index is 12.9. The van der Waals surface area contributed by atoms with Crippen molar-refractivity contribution in [3.05, 3.63) is 81.2 Å². The number of carbonyl (C=O) groups is 1. The molecule has 144 valence electrons. The van der Waals surface area contributed by atoms with Gasteiger partial charge in [0.25, 0.3) is 5.91 Å². The van der Waals surface area contributed by atoms with Crippen molar-refractivity contribution in [3.8, 4) is 0 Å². The standard InChI is InChI=1S/C20H14ClF3N2OS/c1-12(9-13-5-3-2-4-6-13)10-17-18(27)26-19(28-17)25-16-11-14(20(22,23)24)7-8-15(16)21/h2-11H,1H3,(H,25,26,27). The normalized spacial score (nSPS) is 18.0. The number of carbonyl (C=O) groups excluding carboxylic acids is 1. The molecule has 0 bridgehead atoms. The van der Waals surface area contributed by atoms with Crippen molar-refractivity contribution in [2.75, 3.05) is 0 Å². The number of hydrogen-bond acceptors (Lipinski definition) is 3. The van der Waals surface area contributed by atoms with E-state index in [9.17, 15) is 18.0 Å². The summed E-state index contributed by atoms with van der Waals surface area (Å²) in [6, 6.07) is 12.5. The van der Waals surface area contributed by atoms with Crippen LogP contribution >= 0.6 is 23.4 Å². The third-order valence-electron chi connectivity index (χ3n) is 3.70. The predicted octanol–water partition coefficient (Wildman–Crippen LogP) is 6.20. The molecular formula is C20H14ClF3N2OS. The van der Waals surface area contributed by atoms with Gasteiger partial charge in [-0.15, -0.1) is 0 Å². The van der Waals surface area contributed by atoms with Crippen LogP contribution in [0.15, 0.2) is 70.1 Å². The van der Waals surface area contributed by atoms with E-state index in [1.807, 2.05) is 43.3 Å². The fourth-order valence-electron chi connectivity index (χ4n) is 2.43. The number of amides is 1. The van der Waals surface area contributed by atoms with Gasteiger partial charge in [-0.25, -0.2) is 4.99 Å². The number of nitrogens with zero attached hydrogens (tertiary/aromatic N) is 1. The lowest BCUT2D eigenvalue weighted by molar-refractivity contribution is -0.137. The first-order valence-electron chi connectivity index (χ1n) is 8.12. The smallest absolute Gasteiger partial charge is 0.300 e. The Labute approximate surface area is 169 Å². The van der Waals surface area contributed by atoms with Crippen molar-refractivity contribution in [2.45, 2.75) is 13.1 Å². The summed E-state index contributed by atoms with van der Waals surface area (Å²) in [5.74, 6) is -0.368. The molecule has 0 unspecified atom stereocenters. The largest absolute Gasteiger partial charge is 0.416 e. The van der Waals surface area contributed by atoms with Gasteiger partial charge in [0.15, 0.2) is 5.17 Å². The van der Waals surface area contributed by atoms with Crippen LogP contribution in [0.4, 0.5) is 18.9 Å². The van der Waals surface area contributed by atoms with E-state index in [1.54, 1.807) is 6.08 Å². The first kappa shape index (κ1) is 20.2. The van der Waals surface area contributed by atoms with Gasteiger partial charge in [0, 0.05) is 0 Å². The first-order chi connectivity index (χ1) is 13.2. The number of nitrogens with one attached hydrogen (secondary N) is 1. The lowest BCUT2D eigenvalue weighted by atomic mass is 10.1. The molecule has 0 spiro atoms. The van der Waals surface area contributed by atoms with Crippen LogP contribution in [-0.2, 0) is 11.0 Å². The van der Waals surface area contributed by atoms with Crippen LogP contribution in [0, 0.1) is 0 Å². The lowest BCUT2D eigenvalue weighted by Gasteiger charge is -2.08. The van der Waals surface area contributed by atoms with Crippen LogP contribution in [-0.4, -0.2) is 11.1 Å². The molecule has 0 radical (unpaired) electrons. The Morgan fingerprint density at radius 1 is 1.18 bits per heavy atom. The summed E-state index contributed by atoms with van der Waals surface area (Å²) in [7, 11) is 0. The van der Waals surface area contributed by atoms with Crippen LogP contribution in [0.3, 0.4) is 0 Å². The SMILES string of the molecule is CC(=Cc1ccccc1)C=C1SC(=Nc2cc(C(F)(F)F)ccc2Cl)NC1=O. The van der Waals surface area contributed by atoms with Crippen molar-refractivity contribution in [1.82, 2.24) is 5.32 Å². The van der Waals surface area contributed by atoms with Gasteiger partial charge in [0.2, 0.25) is 0 Å². The Morgan fingerprint density at radius 2 is 1.89 bits per heavy atom. The quantitative estimate of drug-likeness (QED) is 0.598. The highest BCUT2D eigenvalue weighted by molar-refractivity contribution is 8.18. The fourth-order valence-corrected chi connectivity index (χ4v) is 3.47. The molecule has 1 heterocycles. The summed E-state index contributed by atoms with van der Waals surface area (Å²) in [5, 5.41) is 2.78. The second-order valence-electron chi connectivity index (χ2n) is 5.94. The second kappa shape index (κ2) is 8.24. The molecule has 8 heteroatoms. The molecule has 0 aliphatic carbocycles. The maximum Gasteiger partial charge on any atom is 0.416 e. The van der Waals surface area contributed by atoms with Gasteiger partial charge >= 0.3 is 6.18 Å². The van der Waals surface area contributed by atoms with Crippen LogP contribution < -0.4 is 5.32 Å². The van der Waals surface area contributed by atoms with E-state index in [-0.39, 0.29) is 21.8 Å². The molecule has 1 aliphatic rings. The highest BCUT2D eigenvalue weighted by atomic mass is 35.5. The van der Waals surface area contributed by atoms with Gasteiger partial charge in [-0.3, -0.25) is 4.79 Å². The Hall–Kier alpha value is -2.51. The number of benzene rings is 2. The Morgan fingerprint density at radius 3 is 2.57 bits per heavy atom. The predicted molar refractivity (Wildman–Crippen MR) is 107 cm³/mol. The summed E-state index contributed by atoms with van der Waals surface area (Å²) < 4.78 is 38.6. The molecule has 1 saturated heterocycles. The van der Waals surface area contributed by atoms with Crippen molar-refractivity contribution < 1.29 is 18.0 Å². The minimum absolute atomic E-state index is 0.0582. The van der Waals surface area contributed by atoms with Crippen LogP contribution in [0.1, 0.15) is 18.1 Å². The van der Waals surface area contributed by atoms with E-state index < -0.39 is 11.7 Å². The molecule has 3 rings (SSSR count). The summed E-state index contributed by atoms with van der Waals surface area (Å²) >= 11 is 7.00. The van der Waals surface area contributed by atoms with Crippen LogP contribution in [0.5, 0.6) is 0 Å². The van der Waals surface area contributed by atoms with Crippen molar-refractivity contribution in [1.29, 1.82) is 0 Å². The monoisotopic (exact) mass is 422 g/mol. The third kappa shape index (κ3) is 5.05. The van der Waals surface area contributed by atoms with E-state index >= 15 is 0 Å². The van der Waals surface area contributed by atoms with E-state index in [0.29, 0.717) is 4.91 Å². The Balaban J connectivity index is 1.84. The molecule has 0 atom stereocenters.